The van der Waals surface area contributed by atoms with Crippen molar-refractivity contribution in [1.82, 2.24) is 9.38 Å². The number of ether oxygens (including phenoxy) is 2. The van der Waals surface area contributed by atoms with Crippen molar-refractivity contribution in [1.29, 1.82) is 0 Å². The number of rotatable bonds is 7. The molecule has 3 heterocycles. The van der Waals surface area contributed by atoms with Gasteiger partial charge in [-0.25, -0.2) is 14.6 Å². The Balaban J connectivity index is 1.54. The van der Waals surface area contributed by atoms with Gasteiger partial charge in [0.2, 0.25) is 5.91 Å². The fourth-order valence-corrected chi connectivity index (χ4v) is 5.13. The molecule has 174 valence electrons. The molecule has 0 aliphatic heterocycles. The molecule has 0 atom stereocenters. The molecule has 1 amide bonds. The number of thiophene rings is 1. The highest BCUT2D eigenvalue weighted by molar-refractivity contribution is 7.18. The first-order valence-electron chi connectivity index (χ1n) is 11.2. The summed E-state index contributed by atoms with van der Waals surface area (Å²) in [5, 5.41) is 3.07. The lowest BCUT2D eigenvalue weighted by Crippen LogP contribution is -2.21. The molecular formula is C24H27N3O5S. The molecule has 0 spiro atoms. The predicted octanol–water partition coefficient (Wildman–Crippen LogP) is 4.55. The van der Waals surface area contributed by atoms with Crippen molar-refractivity contribution in [2.24, 2.45) is 0 Å². The second-order valence-corrected chi connectivity index (χ2v) is 9.09. The topological polar surface area (TPSA) is 99.0 Å². The molecular weight excluding hydrogens is 442 g/mol. The quantitative estimate of drug-likeness (QED) is 0.510. The zero-order valence-corrected chi connectivity index (χ0v) is 19.6. The van der Waals surface area contributed by atoms with Crippen LogP contribution >= 0.6 is 11.3 Å². The zero-order chi connectivity index (χ0) is 23.4. The van der Waals surface area contributed by atoms with Crippen LogP contribution in [-0.4, -0.2) is 39.9 Å². The van der Waals surface area contributed by atoms with Gasteiger partial charge in [0.1, 0.15) is 21.6 Å². The molecule has 33 heavy (non-hydrogen) atoms. The van der Waals surface area contributed by atoms with Gasteiger partial charge in [-0.3, -0.25) is 4.79 Å². The van der Waals surface area contributed by atoms with Crippen molar-refractivity contribution >= 4 is 39.8 Å². The van der Waals surface area contributed by atoms with Crippen molar-refractivity contribution in [3.8, 4) is 0 Å². The first kappa shape index (κ1) is 23.0. The highest BCUT2D eigenvalue weighted by atomic mass is 32.1. The Morgan fingerprint density at radius 3 is 2.70 bits per heavy atom. The molecule has 0 unspecified atom stereocenters. The summed E-state index contributed by atoms with van der Waals surface area (Å²) in [4.78, 5) is 43.0. The molecule has 9 heteroatoms. The Morgan fingerprint density at radius 1 is 1.18 bits per heavy atom. The van der Waals surface area contributed by atoms with E-state index in [9.17, 15) is 14.4 Å². The van der Waals surface area contributed by atoms with Crippen LogP contribution in [0.25, 0.3) is 5.65 Å². The van der Waals surface area contributed by atoms with Gasteiger partial charge in [-0.1, -0.05) is 12.5 Å². The van der Waals surface area contributed by atoms with E-state index in [2.05, 4.69) is 10.3 Å². The Labute approximate surface area is 195 Å². The van der Waals surface area contributed by atoms with Crippen LogP contribution in [0, 0.1) is 6.92 Å². The second kappa shape index (κ2) is 10.2. The maximum Gasteiger partial charge on any atom is 0.348 e. The summed E-state index contributed by atoms with van der Waals surface area (Å²) in [6.07, 6.45) is 8.51. The molecule has 3 aromatic heterocycles. The van der Waals surface area contributed by atoms with E-state index < -0.39 is 11.9 Å². The maximum absolute atomic E-state index is 12.9. The lowest BCUT2D eigenvalue weighted by molar-refractivity contribution is -0.115. The van der Waals surface area contributed by atoms with E-state index in [1.165, 1.54) is 0 Å². The molecule has 0 bridgehead atoms. The van der Waals surface area contributed by atoms with Crippen LogP contribution in [0.5, 0.6) is 0 Å². The van der Waals surface area contributed by atoms with Crippen molar-refractivity contribution in [2.75, 3.05) is 11.9 Å². The molecule has 1 aliphatic carbocycles. The maximum atomic E-state index is 12.9. The molecule has 4 rings (SSSR count). The van der Waals surface area contributed by atoms with Gasteiger partial charge in [0.25, 0.3) is 0 Å². The highest BCUT2D eigenvalue weighted by Crippen LogP contribution is 2.35. The van der Waals surface area contributed by atoms with Crippen LogP contribution in [0.15, 0.2) is 30.6 Å². The fourth-order valence-electron chi connectivity index (χ4n) is 4.04. The van der Waals surface area contributed by atoms with Gasteiger partial charge in [-0.15, -0.1) is 11.3 Å². The van der Waals surface area contributed by atoms with Crippen molar-refractivity contribution in [3.05, 3.63) is 52.3 Å². The molecule has 1 saturated carbocycles. The summed E-state index contributed by atoms with van der Waals surface area (Å²) in [5.41, 5.74) is 2.00. The third-order valence-corrected chi connectivity index (χ3v) is 6.83. The number of carbonyl (C=O) groups excluding carboxylic acids is 3. The van der Waals surface area contributed by atoms with E-state index in [1.54, 1.807) is 20.0 Å². The summed E-state index contributed by atoms with van der Waals surface area (Å²) in [5.74, 6) is -1.38. The number of anilines is 1. The van der Waals surface area contributed by atoms with Crippen LogP contribution in [0.2, 0.25) is 0 Å². The fraction of sp³-hybridized carbons (Fsp3) is 0.417. The molecule has 8 nitrogen and oxygen atoms in total. The molecule has 1 fully saturated rings. The van der Waals surface area contributed by atoms with Gasteiger partial charge in [0.05, 0.1) is 24.3 Å². The number of aromatic nitrogens is 2. The first-order chi connectivity index (χ1) is 16.0. The Hall–Kier alpha value is -3.20. The van der Waals surface area contributed by atoms with Gasteiger partial charge < -0.3 is 19.2 Å². The Morgan fingerprint density at radius 2 is 1.97 bits per heavy atom. The standard InChI is InChI=1S/C24H27N3O5S/c1-3-31-23(29)20-15(2)21(24(30)32-17-9-5-4-6-10-17)33-22(20)26-19(28)13-16-14-27-12-8-7-11-18(27)25-16/h7-8,11-12,14,17H,3-6,9-10,13H2,1-2H3,(H,26,28). The van der Waals surface area contributed by atoms with E-state index in [1.807, 2.05) is 28.8 Å². The van der Waals surface area contributed by atoms with Crippen molar-refractivity contribution in [2.45, 2.75) is 58.5 Å². The summed E-state index contributed by atoms with van der Waals surface area (Å²) >= 11 is 1.05. The lowest BCUT2D eigenvalue weighted by Gasteiger charge is -2.21. The molecule has 0 saturated heterocycles. The lowest BCUT2D eigenvalue weighted by atomic mass is 9.98. The van der Waals surface area contributed by atoms with Crippen LogP contribution < -0.4 is 5.32 Å². The van der Waals surface area contributed by atoms with Gasteiger partial charge >= 0.3 is 11.9 Å². The zero-order valence-electron chi connectivity index (χ0n) is 18.8. The SMILES string of the molecule is CCOC(=O)c1c(NC(=O)Cc2cn3ccccc3n2)sc(C(=O)OC2CCCCC2)c1C. The summed E-state index contributed by atoms with van der Waals surface area (Å²) in [6.45, 7) is 3.57. The summed E-state index contributed by atoms with van der Waals surface area (Å²) in [6, 6.07) is 5.61. The molecule has 3 aromatic rings. The number of fused-ring (bicyclic) bond motifs is 1. The van der Waals surface area contributed by atoms with Crippen LogP contribution in [0.3, 0.4) is 0 Å². The van der Waals surface area contributed by atoms with E-state index in [4.69, 9.17) is 9.47 Å². The Kier molecular flexibility index (Phi) is 7.08. The third-order valence-electron chi connectivity index (χ3n) is 5.65. The number of carbonyl (C=O) groups is 3. The van der Waals surface area contributed by atoms with E-state index in [-0.39, 0.29) is 35.6 Å². The monoisotopic (exact) mass is 469 g/mol. The number of imidazole rings is 1. The van der Waals surface area contributed by atoms with Crippen LogP contribution in [0.4, 0.5) is 5.00 Å². The van der Waals surface area contributed by atoms with E-state index in [0.717, 1.165) is 49.1 Å². The van der Waals surface area contributed by atoms with E-state index in [0.29, 0.717) is 16.1 Å². The summed E-state index contributed by atoms with van der Waals surface area (Å²) < 4.78 is 12.7. The van der Waals surface area contributed by atoms with Gasteiger partial charge in [0, 0.05) is 12.4 Å². The third kappa shape index (κ3) is 5.24. The van der Waals surface area contributed by atoms with Crippen LogP contribution in [-0.2, 0) is 20.7 Å². The number of esters is 2. The minimum Gasteiger partial charge on any atom is -0.462 e. The number of pyridine rings is 1. The smallest absolute Gasteiger partial charge is 0.348 e. The van der Waals surface area contributed by atoms with Crippen LogP contribution in [0.1, 0.15) is 70.3 Å². The number of nitrogens with one attached hydrogen (secondary N) is 1. The molecule has 1 N–H and O–H groups in total. The number of amides is 1. The highest BCUT2D eigenvalue weighted by Gasteiger charge is 2.29. The molecule has 0 aromatic carbocycles. The van der Waals surface area contributed by atoms with Gasteiger partial charge in [-0.05, 0) is 57.2 Å². The second-order valence-electron chi connectivity index (χ2n) is 8.07. The first-order valence-corrected chi connectivity index (χ1v) is 12.0. The van der Waals surface area contributed by atoms with Gasteiger partial charge in [-0.2, -0.15) is 0 Å². The number of hydrogen-bond acceptors (Lipinski definition) is 7. The normalized spacial score (nSPS) is 14.2. The minimum atomic E-state index is -0.578. The van der Waals surface area contributed by atoms with Crippen molar-refractivity contribution in [3.63, 3.8) is 0 Å². The summed E-state index contributed by atoms with van der Waals surface area (Å²) in [7, 11) is 0. The average molecular weight is 470 g/mol. The predicted molar refractivity (Wildman–Crippen MR) is 125 cm³/mol. The average Bonchev–Trinajstić information content (AvgIpc) is 3.34. The molecule has 1 aliphatic rings. The van der Waals surface area contributed by atoms with Crippen molar-refractivity contribution < 1.29 is 23.9 Å². The number of nitrogens with zero attached hydrogens (tertiary/aromatic N) is 2. The largest absolute Gasteiger partial charge is 0.462 e. The number of hydrogen-bond donors (Lipinski definition) is 1. The Bertz CT molecular complexity index is 1140. The van der Waals surface area contributed by atoms with Gasteiger partial charge in [0.15, 0.2) is 0 Å². The van der Waals surface area contributed by atoms with E-state index >= 15 is 0 Å². The molecule has 0 radical (unpaired) electrons. The minimum absolute atomic E-state index is 0.0305.